The van der Waals surface area contributed by atoms with Gasteiger partial charge in [-0.1, -0.05) is 41.5 Å². The third kappa shape index (κ3) is 3.22. The van der Waals surface area contributed by atoms with E-state index in [0.29, 0.717) is 22.4 Å². The minimum absolute atomic E-state index is 0.0455. The van der Waals surface area contributed by atoms with Crippen LogP contribution in [0.2, 0.25) is 0 Å². The highest BCUT2D eigenvalue weighted by Gasteiger charge is 2.35. The Hall–Kier alpha value is -3.69. The number of carbonyl (C=O) groups is 1. The molecule has 0 saturated carbocycles. The van der Waals surface area contributed by atoms with Crippen LogP contribution in [0.4, 0.5) is 19.1 Å². The first-order chi connectivity index (χ1) is 13.8. The first-order valence-corrected chi connectivity index (χ1v) is 8.53. The van der Waals surface area contributed by atoms with Gasteiger partial charge in [0, 0.05) is 5.70 Å². The van der Waals surface area contributed by atoms with E-state index in [0.717, 1.165) is 12.1 Å². The number of hydrogen-bond donors (Lipinski definition) is 2. The van der Waals surface area contributed by atoms with Gasteiger partial charge in [-0.3, -0.25) is 0 Å². The van der Waals surface area contributed by atoms with Gasteiger partial charge < -0.3 is 10.4 Å². The zero-order chi connectivity index (χ0) is 20.8. The zero-order valence-electron chi connectivity index (χ0n) is 15.0. The van der Waals surface area contributed by atoms with Crippen molar-refractivity contribution in [2.45, 2.75) is 19.1 Å². The van der Waals surface area contributed by atoms with E-state index >= 15 is 0 Å². The van der Waals surface area contributed by atoms with Crippen molar-refractivity contribution in [3.8, 4) is 11.1 Å². The van der Waals surface area contributed by atoms with Crippen LogP contribution in [0, 0.1) is 0 Å². The number of tetrazole rings is 1. The molecule has 1 atom stereocenters. The van der Waals surface area contributed by atoms with Gasteiger partial charge in [-0.2, -0.15) is 17.9 Å². The lowest BCUT2D eigenvalue weighted by Gasteiger charge is -2.27. The van der Waals surface area contributed by atoms with Gasteiger partial charge in [-0.05, 0) is 46.2 Å². The molecule has 1 aliphatic heterocycles. The summed E-state index contributed by atoms with van der Waals surface area (Å²) in [6.07, 6.45) is -4.44. The number of carboxylic acids is 1. The van der Waals surface area contributed by atoms with Gasteiger partial charge in [-0.25, -0.2) is 4.79 Å². The van der Waals surface area contributed by atoms with Crippen LogP contribution in [-0.2, 0) is 11.0 Å². The van der Waals surface area contributed by atoms with Crippen molar-refractivity contribution in [1.82, 2.24) is 20.2 Å². The molecular weight excluding hydrogens is 387 g/mol. The van der Waals surface area contributed by atoms with E-state index < -0.39 is 23.8 Å². The molecule has 2 N–H and O–H groups in total. The van der Waals surface area contributed by atoms with Crippen molar-refractivity contribution >= 4 is 11.9 Å². The Morgan fingerprint density at radius 2 is 1.83 bits per heavy atom. The Morgan fingerprint density at radius 3 is 2.48 bits per heavy atom. The van der Waals surface area contributed by atoms with Crippen molar-refractivity contribution < 1.29 is 23.1 Å². The first kappa shape index (κ1) is 18.7. The van der Waals surface area contributed by atoms with E-state index in [-0.39, 0.29) is 11.5 Å². The minimum atomic E-state index is -4.44. The third-order valence-electron chi connectivity index (χ3n) is 4.72. The standard InChI is InChI=1S/C19H14F3N5O2/c1-10-15(17(28)29)16(27-18(23-10)24-25-26-27)14-5-3-2-4-13(14)11-6-8-12(9-7-11)19(20,21)22/h2-9,16H,1H3,(H,28,29)(H,23,24,26). The molecule has 0 spiro atoms. The quantitative estimate of drug-likeness (QED) is 0.695. The number of allylic oxidation sites excluding steroid dienone is 1. The summed E-state index contributed by atoms with van der Waals surface area (Å²) in [6, 6.07) is 10.8. The summed E-state index contributed by atoms with van der Waals surface area (Å²) in [5, 5.41) is 24.0. The topological polar surface area (TPSA) is 92.9 Å². The van der Waals surface area contributed by atoms with Crippen LogP contribution in [0.3, 0.4) is 0 Å². The van der Waals surface area contributed by atoms with Gasteiger partial charge in [0.05, 0.1) is 11.1 Å². The van der Waals surface area contributed by atoms with E-state index in [9.17, 15) is 23.1 Å². The molecule has 1 unspecified atom stereocenters. The number of aliphatic carboxylic acids is 1. The number of carboxylic acid groups (broad SMARTS) is 1. The average Bonchev–Trinajstić information content (AvgIpc) is 3.14. The number of halogens is 3. The van der Waals surface area contributed by atoms with Crippen LogP contribution in [0.1, 0.15) is 24.1 Å². The zero-order valence-corrected chi connectivity index (χ0v) is 15.0. The maximum absolute atomic E-state index is 12.9. The maximum atomic E-state index is 12.9. The molecule has 0 saturated heterocycles. The fourth-order valence-corrected chi connectivity index (χ4v) is 3.41. The normalized spacial score (nSPS) is 16.3. The van der Waals surface area contributed by atoms with Gasteiger partial charge in [0.25, 0.3) is 0 Å². The Balaban J connectivity index is 1.88. The predicted octanol–water partition coefficient (Wildman–Crippen LogP) is 3.73. The highest BCUT2D eigenvalue weighted by molar-refractivity contribution is 5.91. The molecular formula is C19H14F3N5O2. The van der Waals surface area contributed by atoms with Crippen LogP contribution in [0.15, 0.2) is 59.8 Å². The summed E-state index contributed by atoms with van der Waals surface area (Å²) in [7, 11) is 0. The fourth-order valence-electron chi connectivity index (χ4n) is 3.41. The molecule has 0 fully saturated rings. The lowest BCUT2D eigenvalue weighted by atomic mass is 9.89. The third-order valence-corrected chi connectivity index (χ3v) is 4.72. The lowest BCUT2D eigenvalue weighted by molar-refractivity contribution is -0.137. The minimum Gasteiger partial charge on any atom is -0.478 e. The highest BCUT2D eigenvalue weighted by Crippen LogP contribution is 2.39. The summed E-state index contributed by atoms with van der Waals surface area (Å²) >= 11 is 0. The lowest BCUT2D eigenvalue weighted by Crippen LogP contribution is -2.29. The molecule has 2 aromatic carbocycles. The predicted molar refractivity (Wildman–Crippen MR) is 96.8 cm³/mol. The number of anilines is 1. The second kappa shape index (κ2) is 6.73. The van der Waals surface area contributed by atoms with E-state index in [4.69, 9.17) is 0 Å². The Bertz CT molecular complexity index is 1120. The van der Waals surface area contributed by atoms with Crippen molar-refractivity contribution in [3.63, 3.8) is 0 Å². The molecule has 1 aromatic heterocycles. The second-order valence-electron chi connectivity index (χ2n) is 6.48. The number of fused-ring (bicyclic) bond motifs is 1. The molecule has 10 heteroatoms. The molecule has 0 radical (unpaired) electrons. The molecule has 1 aliphatic rings. The van der Waals surface area contributed by atoms with Crippen molar-refractivity contribution in [3.05, 3.63) is 70.9 Å². The maximum Gasteiger partial charge on any atom is 0.416 e. The largest absolute Gasteiger partial charge is 0.478 e. The molecule has 4 rings (SSSR count). The van der Waals surface area contributed by atoms with E-state index in [2.05, 4.69) is 20.8 Å². The Morgan fingerprint density at radius 1 is 1.14 bits per heavy atom. The first-order valence-electron chi connectivity index (χ1n) is 8.53. The summed E-state index contributed by atoms with van der Waals surface area (Å²) in [6.45, 7) is 1.61. The van der Waals surface area contributed by atoms with Crippen LogP contribution < -0.4 is 5.32 Å². The number of benzene rings is 2. The molecule has 29 heavy (non-hydrogen) atoms. The molecule has 0 bridgehead atoms. The van der Waals surface area contributed by atoms with Crippen LogP contribution in [-0.4, -0.2) is 31.3 Å². The summed E-state index contributed by atoms with van der Waals surface area (Å²) in [5.41, 5.74) is 1.32. The molecule has 148 valence electrons. The second-order valence-corrected chi connectivity index (χ2v) is 6.48. The van der Waals surface area contributed by atoms with Gasteiger partial charge in [-0.15, -0.1) is 0 Å². The SMILES string of the molecule is CC1=C(C(=O)O)C(c2ccccc2-c2ccc(C(F)(F)F)cc2)n2nnnc2N1. The number of rotatable bonds is 3. The van der Waals surface area contributed by atoms with Crippen molar-refractivity contribution in [2.75, 3.05) is 5.32 Å². The monoisotopic (exact) mass is 401 g/mol. The summed E-state index contributed by atoms with van der Waals surface area (Å²) in [4.78, 5) is 12.0. The summed E-state index contributed by atoms with van der Waals surface area (Å²) < 4.78 is 40.1. The smallest absolute Gasteiger partial charge is 0.416 e. The average molecular weight is 401 g/mol. The van der Waals surface area contributed by atoms with Crippen LogP contribution in [0.25, 0.3) is 11.1 Å². The Kier molecular flexibility index (Phi) is 4.33. The molecule has 0 amide bonds. The van der Waals surface area contributed by atoms with Crippen molar-refractivity contribution in [1.29, 1.82) is 0 Å². The number of nitrogens with one attached hydrogen (secondary N) is 1. The van der Waals surface area contributed by atoms with Gasteiger partial charge >= 0.3 is 12.1 Å². The molecule has 2 heterocycles. The molecule has 0 aliphatic carbocycles. The fraction of sp³-hybridized carbons (Fsp3) is 0.158. The van der Waals surface area contributed by atoms with E-state index in [1.807, 2.05) is 0 Å². The highest BCUT2D eigenvalue weighted by atomic mass is 19.4. The van der Waals surface area contributed by atoms with Crippen molar-refractivity contribution in [2.24, 2.45) is 0 Å². The van der Waals surface area contributed by atoms with E-state index in [1.165, 1.54) is 16.8 Å². The van der Waals surface area contributed by atoms with Gasteiger partial charge in [0.1, 0.15) is 6.04 Å². The van der Waals surface area contributed by atoms with Crippen LogP contribution >= 0.6 is 0 Å². The van der Waals surface area contributed by atoms with Crippen LogP contribution in [0.5, 0.6) is 0 Å². The van der Waals surface area contributed by atoms with E-state index in [1.54, 1.807) is 31.2 Å². The van der Waals surface area contributed by atoms with Gasteiger partial charge in [0.15, 0.2) is 0 Å². The number of nitrogens with zero attached hydrogens (tertiary/aromatic N) is 4. The number of aromatic nitrogens is 4. The number of alkyl halides is 3. The van der Waals surface area contributed by atoms with Gasteiger partial charge in [0.2, 0.25) is 5.95 Å². The molecule has 7 nitrogen and oxygen atoms in total. The number of hydrogen-bond acceptors (Lipinski definition) is 5. The molecule has 3 aromatic rings. The Labute approximate surface area is 162 Å². The summed E-state index contributed by atoms with van der Waals surface area (Å²) in [5.74, 6) is -0.872.